The predicted octanol–water partition coefficient (Wildman–Crippen LogP) is 3.72. The zero-order valence-corrected chi connectivity index (χ0v) is 12.3. The largest absolute Gasteiger partial charge is 0.480 e. The van der Waals surface area contributed by atoms with Gasteiger partial charge in [-0.2, -0.15) is 0 Å². The SMILES string of the molecule is O=C(O)CN(C(=O)c1ccc(Cl)cc1)c1cccc(Cl)c1. The van der Waals surface area contributed by atoms with Crippen molar-refractivity contribution in [3.8, 4) is 0 Å². The van der Waals surface area contributed by atoms with Crippen LogP contribution in [0.2, 0.25) is 10.0 Å². The highest BCUT2D eigenvalue weighted by molar-refractivity contribution is 6.31. The zero-order valence-electron chi connectivity index (χ0n) is 10.8. The maximum absolute atomic E-state index is 12.5. The molecule has 6 heteroatoms. The van der Waals surface area contributed by atoms with Crippen LogP contribution < -0.4 is 4.90 Å². The number of carboxylic acid groups (broad SMARTS) is 1. The molecule has 0 radical (unpaired) electrons. The molecule has 2 aromatic rings. The van der Waals surface area contributed by atoms with Crippen LogP contribution in [0.4, 0.5) is 5.69 Å². The first kappa shape index (κ1) is 15.4. The summed E-state index contributed by atoms with van der Waals surface area (Å²) in [6.07, 6.45) is 0. The van der Waals surface area contributed by atoms with Crippen molar-refractivity contribution in [1.82, 2.24) is 0 Å². The highest BCUT2D eigenvalue weighted by atomic mass is 35.5. The molecule has 108 valence electrons. The summed E-state index contributed by atoms with van der Waals surface area (Å²) >= 11 is 11.7. The Kier molecular flexibility index (Phi) is 4.83. The molecule has 4 nitrogen and oxygen atoms in total. The molecule has 0 aromatic heterocycles. The summed E-state index contributed by atoms with van der Waals surface area (Å²) in [6, 6.07) is 12.7. The van der Waals surface area contributed by atoms with E-state index in [1.165, 1.54) is 6.07 Å². The van der Waals surface area contributed by atoms with E-state index >= 15 is 0 Å². The molecule has 0 atom stereocenters. The number of carbonyl (C=O) groups is 2. The molecule has 0 bridgehead atoms. The third-order valence-electron chi connectivity index (χ3n) is 2.75. The lowest BCUT2D eigenvalue weighted by Gasteiger charge is -2.21. The van der Waals surface area contributed by atoms with Gasteiger partial charge in [-0.3, -0.25) is 14.5 Å². The van der Waals surface area contributed by atoms with E-state index in [2.05, 4.69) is 0 Å². The molecule has 0 spiro atoms. The van der Waals surface area contributed by atoms with Crippen molar-refractivity contribution in [2.45, 2.75) is 0 Å². The lowest BCUT2D eigenvalue weighted by molar-refractivity contribution is -0.135. The van der Waals surface area contributed by atoms with Gasteiger partial charge in [0.15, 0.2) is 0 Å². The maximum Gasteiger partial charge on any atom is 0.323 e. The van der Waals surface area contributed by atoms with E-state index in [0.29, 0.717) is 21.3 Å². The van der Waals surface area contributed by atoms with Gasteiger partial charge in [-0.05, 0) is 42.5 Å². The fourth-order valence-corrected chi connectivity index (χ4v) is 2.12. The van der Waals surface area contributed by atoms with Gasteiger partial charge in [0.25, 0.3) is 5.91 Å². The quantitative estimate of drug-likeness (QED) is 0.932. The smallest absolute Gasteiger partial charge is 0.323 e. The van der Waals surface area contributed by atoms with Crippen LogP contribution in [0.5, 0.6) is 0 Å². The van der Waals surface area contributed by atoms with E-state index in [0.717, 1.165) is 4.90 Å². The number of hydrogen-bond donors (Lipinski definition) is 1. The normalized spacial score (nSPS) is 10.2. The van der Waals surface area contributed by atoms with Gasteiger partial charge in [0.05, 0.1) is 0 Å². The van der Waals surface area contributed by atoms with Crippen LogP contribution in [0.1, 0.15) is 10.4 Å². The van der Waals surface area contributed by atoms with Crippen molar-refractivity contribution in [3.05, 3.63) is 64.1 Å². The number of anilines is 1. The summed E-state index contributed by atoms with van der Waals surface area (Å²) in [6.45, 7) is -0.457. The summed E-state index contributed by atoms with van der Waals surface area (Å²) in [7, 11) is 0. The topological polar surface area (TPSA) is 57.6 Å². The van der Waals surface area contributed by atoms with E-state index in [1.54, 1.807) is 42.5 Å². The molecule has 2 rings (SSSR count). The Bertz CT molecular complexity index is 671. The minimum absolute atomic E-state index is 0.348. The first-order chi connectivity index (χ1) is 9.97. The van der Waals surface area contributed by atoms with Crippen molar-refractivity contribution >= 4 is 40.8 Å². The molecule has 0 fully saturated rings. The van der Waals surface area contributed by atoms with E-state index in [1.807, 2.05) is 0 Å². The molecule has 1 amide bonds. The van der Waals surface area contributed by atoms with Crippen LogP contribution in [-0.4, -0.2) is 23.5 Å². The Hall–Kier alpha value is -2.04. The molecular weight excluding hydrogens is 313 g/mol. The fourth-order valence-electron chi connectivity index (χ4n) is 1.81. The van der Waals surface area contributed by atoms with Crippen LogP contribution in [0.15, 0.2) is 48.5 Å². The number of halogens is 2. The van der Waals surface area contributed by atoms with Crippen molar-refractivity contribution in [2.24, 2.45) is 0 Å². The second kappa shape index (κ2) is 6.61. The minimum Gasteiger partial charge on any atom is -0.480 e. The Morgan fingerprint density at radius 2 is 1.67 bits per heavy atom. The minimum atomic E-state index is -1.11. The van der Waals surface area contributed by atoms with Gasteiger partial charge in [-0.15, -0.1) is 0 Å². The standard InChI is InChI=1S/C15H11Cl2NO3/c16-11-6-4-10(5-7-11)15(21)18(9-14(19)20)13-3-1-2-12(17)8-13/h1-8H,9H2,(H,19,20). The third-order valence-corrected chi connectivity index (χ3v) is 3.24. The van der Waals surface area contributed by atoms with Gasteiger partial charge in [-0.25, -0.2) is 0 Å². The zero-order chi connectivity index (χ0) is 15.4. The number of carbonyl (C=O) groups excluding carboxylic acids is 1. The summed E-state index contributed by atoms with van der Waals surface area (Å²) in [5, 5.41) is 9.93. The first-order valence-corrected chi connectivity index (χ1v) is 6.78. The second-order valence-corrected chi connectivity index (χ2v) is 5.14. The highest BCUT2D eigenvalue weighted by Gasteiger charge is 2.20. The molecule has 0 saturated carbocycles. The first-order valence-electron chi connectivity index (χ1n) is 6.02. The molecule has 0 aliphatic carbocycles. The Labute approximate surface area is 131 Å². The van der Waals surface area contributed by atoms with Gasteiger partial charge >= 0.3 is 5.97 Å². The molecule has 0 unspecified atom stereocenters. The maximum atomic E-state index is 12.5. The van der Waals surface area contributed by atoms with Gasteiger partial charge in [-0.1, -0.05) is 29.3 Å². The summed E-state index contributed by atoms with van der Waals surface area (Å²) in [4.78, 5) is 24.6. The molecule has 1 N–H and O–H groups in total. The fraction of sp³-hybridized carbons (Fsp3) is 0.0667. The molecular formula is C15H11Cl2NO3. The van der Waals surface area contributed by atoms with Gasteiger partial charge < -0.3 is 5.11 Å². The second-order valence-electron chi connectivity index (χ2n) is 4.27. The van der Waals surface area contributed by atoms with Crippen molar-refractivity contribution < 1.29 is 14.7 Å². The van der Waals surface area contributed by atoms with Crippen molar-refractivity contribution in [2.75, 3.05) is 11.4 Å². The highest BCUT2D eigenvalue weighted by Crippen LogP contribution is 2.22. The Morgan fingerprint density at radius 3 is 2.24 bits per heavy atom. The monoisotopic (exact) mass is 323 g/mol. The number of hydrogen-bond acceptors (Lipinski definition) is 2. The number of benzene rings is 2. The Balaban J connectivity index is 2.38. The lowest BCUT2D eigenvalue weighted by atomic mass is 10.2. The average Bonchev–Trinajstić information content (AvgIpc) is 2.44. The number of nitrogens with zero attached hydrogens (tertiary/aromatic N) is 1. The molecule has 0 saturated heterocycles. The number of rotatable bonds is 4. The number of carboxylic acids is 1. The Morgan fingerprint density at radius 1 is 1.00 bits per heavy atom. The predicted molar refractivity (Wildman–Crippen MR) is 82.2 cm³/mol. The molecule has 2 aromatic carbocycles. The van der Waals surface area contributed by atoms with Crippen LogP contribution in [0.3, 0.4) is 0 Å². The summed E-state index contributed by atoms with van der Waals surface area (Å²) < 4.78 is 0. The number of aliphatic carboxylic acids is 1. The van der Waals surface area contributed by atoms with Crippen LogP contribution in [0.25, 0.3) is 0 Å². The molecule has 0 aliphatic heterocycles. The van der Waals surface area contributed by atoms with Gasteiger partial charge in [0.1, 0.15) is 6.54 Å². The van der Waals surface area contributed by atoms with E-state index in [-0.39, 0.29) is 0 Å². The summed E-state index contributed by atoms with van der Waals surface area (Å²) in [5.41, 5.74) is 0.769. The van der Waals surface area contributed by atoms with Gasteiger partial charge in [0.2, 0.25) is 0 Å². The van der Waals surface area contributed by atoms with Gasteiger partial charge in [0, 0.05) is 21.3 Å². The molecule has 21 heavy (non-hydrogen) atoms. The van der Waals surface area contributed by atoms with Crippen LogP contribution in [-0.2, 0) is 4.79 Å². The van der Waals surface area contributed by atoms with Crippen LogP contribution >= 0.6 is 23.2 Å². The third kappa shape index (κ3) is 3.97. The summed E-state index contributed by atoms with van der Waals surface area (Å²) in [5.74, 6) is -1.55. The van der Waals surface area contributed by atoms with E-state index < -0.39 is 18.4 Å². The van der Waals surface area contributed by atoms with E-state index in [9.17, 15) is 9.59 Å². The van der Waals surface area contributed by atoms with Crippen molar-refractivity contribution in [3.63, 3.8) is 0 Å². The van der Waals surface area contributed by atoms with Crippen LogP contribution in [0, 0.1) is 0 Å². The molecule has 0 aliphatic rings. The van der Waals surface area contributed by atoms with E-state index in [4.69, 9.17) is 28.3 Å². The average molecular weight is 324 g/mol. The number of amides is 1. The molecule has 0 heterocycles. The lowest BCUT2D eigenvalue weighted by Crippen LogP contribution is -2.35. The van der Waals surface area contributed by atoms with Crippen molar-refractivity contribution in [1.29, 1.82) is 0 Å².